The van der Waals surface area contributed by atoms with E-state index in [-0.39, 0.29) is 19.0 Å². The van der Waals surface area contributed by atoms with Gasteiger partial charge in [0.15, 0.2) is 0 Å². The number of rotatable bonds is 2. The lowest BCUT2D eigenvalue weighted by molar-refractivity contribution is 0.268. The van der Waals surface area contributed by atoms with Crippen LogP contribution in [0.3, 0.4) is 0 Å². The van der Waals surface area contributed by atoms with E-state index in [1.807, 2.05) is 6.07 Å². The summed E-state index contributed by atoms with van der Waals surface area (Å²) in [6.45, 7) is -0.102. The van der Waals surface area contributed by atoms with E-state index in [4.69, 9.17) is 16.1 Å². The van der Waals surface area contributed by atoms with Gasteiger partial charge in [0, 0.05) is 0 Å². The topological polar surface area (TPSA) is 70.0 Å². The first-order chi connectivity index (χ1) is 5.77. The van der Waals surface area contributed by atoms with Crippen molar-refractivity contribution in [3.8, 4) is 6.07 Å². The highest BCUT2D eigenvalue weighted by Gasteiger charge is 2.03. The van der Waals surface area contributed by atoms with Crippen molar-refractivity contribution < 1.29 is 5.11 Å². The predicted octanol–water partition coefficient (Wildman–Crippen LogP) is 0.972. The number of aliphatic hydroxyl groups is 1. The summed E-state index contributed by atoms with van der Waals surface area (Å²) >= 11 is 0. The summed E-state index contributed by atoms with van der Waals surface area (Å²) in [6.07, 6.45) is 0. The Morgan fingerprint density at radius 3 is 2.77 bits per heavy atom. The molecule has 0 aromatic heterocycles. The minimum atomic E-state index is -0.390. The molecule has 0 bridgehead atoms. The maximum absolute atomic E-state index is 8.74. The Labute approximate surface area is 83.2 Å². The lowest BCUT2D eigenvalue weighted by Crippen LogP contribution is -2.14. The molecule has 1 aromatic carbocycles. The van der Waals surface area contributed by atoms with E-state index in [0.717, 1.165) is 5.56 Å². The third-order valence-electron chi connectivity index (χ3n) is 1.64. The van der Waals surface area contributed by atoms with Crippen LogP contribution in [0.2, 0.25) is 0 Å². The number of halogens is 1. The van der Waals surface area contributed by atoms with E-state index < -0.39 is 6.04 Å². The fourth-order valence-electron chi connectivity index (χ4n) is 0.944. The minimum absolute atomic E-state index is 0. The standard InChI is InChI=1S/C9H10N2O.ClH/c10-5-7-2-1-3-8(4-7)9(11)6-12;/h1-4,9,12H,6,11H2;1H/t9-;/m1./s1. The van der Waals surface area contributed by atoms with Gasteiger partial charge < -0.3 is 10.8 Å². The fraction of sp³-hybridized carbons (Fsp3) is 0.222. The summed E-state index contributed by atoms with van der Waals surface area (Å²) in [4.78, 5) is 0. The molecule has 1 aromatic rings. The maximum Gasteiger partial charge on any atom is 0.0991 e. The van der Waals surface area contributed by atoms with E-state index in [2.05, 4.69) is 0 Å². The molecule has 0 saturated carbocycles. The normalized spacial score (nSPS) is 11.2. The second-order valence-corrected chi connectivity index (χ2v) is 2.53. The third kappa shape index (κ3) is 3.03. The molecule has 0 unspecified atom stereocenters. The van der Waals surface area contributed by atoms with Crippen LogP contribution in [0.4, 0.5) is 0 Å². The molecule has 0 amide bonds. The van der Waals surface area contributed by atoms with E-state index in [0.29, 0.717) is 5.56 Å². The highest BCUT2D eigenvalue weighted by atomic mass is 35.5. The summed E-state index contributed by atoms with van der Waals surface area (Å²) in [5.74, 6) is 0. The first-order valence-corrected chi connectivity index (χ1v) is 3.64. The van der Waals surface area contributed by atoms with Gasteiger partial charge in [0.2, 0.25) is 0 Å². The Morgan fingerprint density at radius 2 is 2.23 bits per heavy atom. The van der Waals surface area contributed by atoms with E-state index in [1.165, 1.54) is 0 Å². The van der Waals surface area contributed by atoms with Crippen LogP contribution in [-0.2, 0) is 0 Å². The number of hydrogen-bond donors (Lipinski definition) is 2. The van der Waals surface area contributed by atoms with Gasteiger partial charge in [0.25, 0.3) is 0 Å². The molecular weight excluding hydrogens is 188 g/mol. The van der Waals surface area contributed by atoms with Crippen LogP contribution in [0, 0.1) is 11.3 Å². The summed E-state index contributed by atoms with van der Waals surface area (Å²) in [6, 6.07) is 8.55. The van der Waals surface area contributed by atoms with Gasteiger partial charge in [-0.1, -0.05) is 12.1 Å². The van der Waals surface area contributed by atoms with Gasteiger partial charge in [0.05, 0.1) is 24.3 Å². The third-order valence-corrected chi connectivity index (χ3v) is 1.64. The Balaban J connectivity index is 0.00000144. The molecule has 0 radical (unpaired) electrons. The summed E-state index contributed by atoms with van der Waals surface area (Å²) in [5.41, 5.74) is 6.91. The molecule has 70 valence electrons. The molecule has 1 rings (SSSR count). The zero-order chi connectivity index (χ0) is 8.97. The van der Waals surface area contributed by atoms with Crippen molar-refractivity contribution in [1.82, 2.24) is 0 Å². The van der Waals surface area contributed by atoms with Crippen molar-refractivity contribution in [2.45, 2.75) is 6.04 Å². The van der Waals surface area contributed by atoms with Crippen molar-refractivity contribution in [3.05, 3.63) is 35.4 Å². The summed E-state index contributed by atoms with van der Waals surface area (Å²) in [7, 11) is 0. The molecule has 3 nitrogen and oxygen atoms in total. The second-order valence-electron chi connectivity index (χ2n) is 2.53. The smallest absolute Gasteiger partial charge is 0.0991 e. The average Bonchev–Trinajstić information content (AvgIpc) is 2.17. The minimum Gasteiger partial charge on any atom is -0.394 e. The molecule has 0 aliphatic rings. The number of nitrogens with two attached hydrogens (primary N) is 1. The van der Waals surface area contributed by atoms with Gasteiger partial charge >= 0.3 is 0 Å². The molecule has 3 N–H and O–H groups in total. The first kappa shape index (κ1) is 11.9. The van der Waals surface area contributed by atoms with Crippen molar-refractivity contribution in [2.75, 3.05) is 6.61 Å². The largest absolute Gasteiger partial charge is 0.394 e. The Bertz CT molecular complexity index is 309. The number of nitriles is 1. The van der Waals surface area contributed by atoms with Crippen LogP contribution in [-0.4, -0.2) is 11.7 Å². The summed E-state index contributed by atoms with van der Waals surface area (Å²) < 4.78 is 0. The van der Waals surface area contributed by atoms with Crippen LogP contribution >= 0.6 is 12.4 Å². The lowest BCUT2D eigenvalue weighted by Gasteiger charge is -2.07. The van der Waals surface area contributed by atoms with Crippen LogP contribution in [0.25, 0.3) is 0 Å². The lowest BCUT2D eigenvalue weighted by atomic mass is 10.1. The average molecular weight is 199 g/mol. The molecule has 0 spiro atoms. The van der Waals surface area contributed by atoms with Gasteiger partial charge in [-0.15, -0.1) is 12.4 Å². The van der Waals surface area contributed by atoms with Gasteiger partial charge in [-0.05, 0) is 17.7 Å². The van der Waals surface area contributed by atoms with Crippen molar-refractivity contribution in [2.24, 2.45) is 5.73 Å². The molecule has 4 heteroatoms. The molecular formula is C9H11ClN2O. The number of benzene rings is 1. The van der Waals surface area contributed by atoms with Gasteiger partial charge in [-0.2, -0.15) is 5.26 Å². The van der Waals surface area contributed by atoms with Gasteiger partial charge in [0.1, 0.15) is 0 Å². The molecule has 0 heterocycles. The quantitative estimate of drug-likeness (QED) is 0.744. The van der Waals surface area contributed by atoms with Crippen molar-refractivity contribution >= 4 is 12.4 Å². The number of nitrogens with zero attached hydrogens (tertiary/aromatic N) is 1. The Morgan fingerprint density at radius 1 is 1.54 bits per heavy atom. The zero-order valence-electron chi connectivity index (χ0n) is 6.97. The van der Waals surface area contributed by atoms with Crippen LogP contribution < -0.4 is 5.73 Å². The van der Waals surface area contributed by atoms with Crippen LogP contribution in [0.15, 0.2) is 24.3 Å². The maximum atomic E-state index is 8.74. The SMILES string of the molecule is Cl.N#Cc1cccc([C@H](N)CO)c1. The Hall–Kier alpha value is -1.08. The molecule has 0 saturated heterocycles. The Kier molecular flexibility index (Phi) is 5.09. The van der Waals surface area contributed by atoms with Gasteiger partial charge in [-0.25, -0.2) is 0 Å². The van der Waals surface area contributed by atoms with E-state index >= 15 is 0 Å². The zero-order valence-corrected chi connectivity index (χ0v) is 7.79. The fourth-order valence-corrected chi connectivity index (χ4v) is 0.944. The highest BCUT2D eigenvalue weighted by molar-refractivity contribution is 5.85. The van der Waals surface area contributed by atoms with E-state index in [9.17, 15) is 0 Å². The molecule has 0 aliphatic carbocycles. The molecule has 0 fully saturated rings. The van der Waals surface area contributed by atoms with Crippen molar-refractivity contribution in [3.63, 3.8) is 0 Å². The van der Waals surface area contributed by atoms with Gasteiger partial charge in [-0.3, -0.25) is 0 Å². The summed E-state index contributed by atoms with van der Waals surface area (Å²) in [5, 5.41) is 17.3. The number of hydrogen-bond acceptors (Lipinski definition) is 3. The van der Waals surface area contributed by atoms with Crippen LogP contribution in [0.1, 0.15) is 17.2 Å². The highest BCUT2D eigenvalue weighted by Crippen LogP contribution is 2.10. The first-order valence-electron chi connectivity index (χ1n) is 3.64. The molecule has 13 heavy (non-hydrogen) atoms. The molecule has 1 atom stereocenters. The van der Waals surface area contributed by atoms with Crippen molar-refractivity contribution in [1.29, 1.82) is 5.26 Å². The van der Waals surface area contributed by atoms with E-state index in [1.54, 1.807) is 24.3 Å². The second kappa shape index (κ2) is 5.55. The van der Waals surface area contributed by atoms with Crippen LogP contribution in [0.5, 0.6) is 0 Å². The molecule has 0 aliphatic heterocycles. The predicted molar refractivity (Wildman–Crippen MR) is 52.4 cm³/mol. The monoisotopic (exact) mass is 198 g/mol. The number of aliphatic hydroxyl groups excluding tert-OH is 1.